The summed E-state index contributed by atoms with van der Waals surface area (Å²) in [5, 5.41) is 5.12. The third-order valence-electron chi connectivity index (χ3n) is 5.68. The summed E-state index contributed by atoms with van der Waals surface area (Å²) in [6.07, 6.45) is 0. The van der Waals surface area contributed by atoms with Crippen LogP contribution in [0.2, 0.25) is 0 Å². The van der Waals surface area contributed by atoms with E-state index in [4.69, 9.17) is 0 Å². The van der Waals surface area contributed by atoms with Gasteiger partial charge in [0.25, 0.3) is 0 Å². The van der Waals surface area contributed by atoms with Crippen molar-refractivity contribution in [1.82, 2.24) is 0 Å². The molecule has 0 N–H and O–H groups in total. The first-order chi connectivity index (χ1) is 15.3. The van der Waals surface area contributed by atoms with Crippen LogP contribution in [-0.4, -0.2) is 0 Å². The van der Waals surface area contributed by atoms with E-state index in [1.807, 2.05) is 11.3 Å². The molecule has 0 bridgehead atoms. The Hall–Kier alpha value is -3.14. The highest BCUT2D eigenvalue weighted by molar-refractivity contribution is 9.10. The molecule has 31 heavy (non-hydrogen) atoms. The number of para-hydroxylation sites is 1. The van der Waals surface area contributed by atoms with Crippen LogP contribution in [0.25, 0.3) is 30.9 Å². The van der Waals surface area contributed by atoms with Gasteiger partial charge in [-0.1, -0.05) is 76.6 Å². The number of rotatable bonds is 3. The maximum absolute atomic E-state index is 3.61. The van der Waals surface area contributed by atoms with Gasteiger partial charge in [-0.2, -0.15) is 0 Å². The van der Waals surface area contributed by atoms with Crippen molar-refractivity contribution in [3.63, 3.8) is 0 Å². The van der Waals surface area contributed by atoms with E-state index in [-0.39, 0.29) is 0 Å². The largest absolute Gasteiger partial charge is 0.310 e. The first-order valence-corrected chi connectivity index (χ1v) is 11.8. The highest BCUT2D eigenvalue weighted by atomic mass is 79.9. The number of hydrogen-bond donors (Lipinski definition) is 0. The highest BCUT2D eigenvalue weighted by Gasteiger charge is 2.15. The fourth-order valence-corrected chi connectivity index (χ4v) is 5.91. The van der Waals surface area contributed by atoms with Gasteiger partial charge in [-0.15, -0.1) is 11.3 Å². The van der Waals surface area contributed by atoms with E-state index in [0.29, 0.717) is 0 Å². The van der Waals surface area contributed by atoms with E-state index in [0.717, 1.165) is 15.8 Å². The SMILES string of the molecule is Brc1ccc2c(c1)sc1cc(N(c3ccccc3)c3ccc4ccccc4c3)ccc12. The van der Waals surface area contributed by atoms with Crippen molar-refractivity contribution in [3.05, 3.63) is 114 Å². The number of thiophene rings is 1. The summed E-state index contributed by atoms with van der Waals surface area (Å²) < 4.78 is 3.72. The standard InChI is InChI=1S/C28H18BrNS/c29-21-11-14-25-26-15-13-24(18-28(26)31-27(25)17-21)30(22-8-2-1-3-9-22)23-12-10-19-6-4-5-7-20(19)16-23/h1-18H. The molecule has 0 saturated carbocycles. The van der Waals surface area contributed by atoms with Crippen molar-refractivity contribution in [2.75, 3.05) is 4.90 Å². The summed E-state index contributed by atoms with van der Waals surface area (Å²) in [5.41, 5.74) is 3.48. The molecule has 0 fully saturated rings. The summed E-state index contributed by atoms with van der Waals surface area (Å²) in [7, 11) is 0. The third kappa shape index (κ3) is 3.31. The molecular weight excluding hydrogens is 462 g/mol. The van der Waals surface area contributed by atoms with Gasteiger partial charge in [-0.05, 0) is 59.3 Å². The van der Waals surface area contributed by atoms with Crippen LogP contribution < -0.4 is 4.90 Å². The second-order valence-corrected chi connectivity index (χ2v) is 9.62. The minimum absolute atomic E-state index is 1.12. The molecule has 1 aromatic heterocycles. The number of hydrogen-bond acceptors (Lipinski definition) is 2. The number of anilines is 3. The molecule has 0 aliphatic heterocycles. The van der Waals surface area contributed by atoms with Gasteiger partial charge in [0.05, 0.1) is 0 Å². The molecule has 148 valence electrons. The van der Waals surface area contributed by atoms with Gasteiger partial charge < -0.3 is 4.90 Å². The molecule has 0 spiro atoms. The maximum atomic E-state index is 3.61. The molecule has 0 unspecified atom stereocenters. The fraction of sp³-hybridized carbons (Fsp3) is 0. The average molecular weight is 480 g/mol. The third-order valence-corrected chi connectivity index (χ3v) is 7.29. The topological polar surface area (TPSA) is 3.24 Å². The van der Waals surface area contributed by atoms with Crippen LogP contribution in [0.4, 0.5) is 17.1 Å². The lowest BCUT2D eigenvalue weighted by Gasteiger charge is -2.26. The Bertz CT molecular complexity index is 1550. The van der Waals surface area contributed by atoms with E-state index >= 15 is 0 Å². The Labute approximate surface area is 193 Å². The number of nitrogens with zero attached hydrogens (tertiary/aromatic N) is 1. The summed E-state index contributed by atoms with van der Waals surface area (Å²) >= 11 is 5.45. The van der Waals surface area contributed by atoms with Crippen LogP contribution in [0.15, 0.2) is 114 Å². The average Bonchev–Trinajstić information content (AvgIpc) is 3.16. The molecule has 5 aromatic carbocycles. The van der Waals surface area contributed by atoms with Crippen LogP contribution in [-0.2, 0) is 0 Å². The van der Waals surface area contributed by atoms with E-state index in [9.17, 15) is 0 Å². The minimum atomic E-state index is 1.12. The van der Waals surface area contributed by atoms with Gasteiger partial charge >= 0.3 is 0 Å². The molecule has 0 radical (unpaired) electrons. The molecule has 3 heteroatoms. The zero-order valence-electron chi connectivity index (χ0n) is 16.6. The summed E-state index contributed by atoms with van der Waals surface area (Å²) in [4.78, 5) is 2.34. The predicted octanol–water partition coefficient (Wildman–Crippen LogP) is 9.44. The molecule has 0 amide bonds. The Morgan fingerprint density at radius 2 is 1.16 bits per heavy atom. The molecular formula is C28H18BrNS. The Morgan fingerprint density at radius 1 is 0.516 bits per heavy atom. The van der Waals surface area contributed by atoms with Crippen LogP contribution in [0, 0.1) is 0 Å². The quantitative estimate of drug-likeness (QED) is 0.244. The van der Waals surface area contributed by atoms with Gasteiger partial charge in [0.1, 0.15) is 0 Å². The molecule has 6 rings (SSSR count). The highest BCUT2D eigenvalue weighted by Crippen LogP contribution is 2.41. The van der Waals surface area contributed by atoms with Gasteiger partial charge in [0.2, 0.25) is 0 Å². The van der Waals surface area contributed by atoms with E-state index in [2.05, 4.69) is 130 Å². The van der Waals surface area contributed by atoms with Gasteiger partial charge in [0, 0.05) is 41.7 Å². The summed E-state index contributed by atoms with van der Waals surface area (Å²) in [6, 6.07) is 39.1. The molecule has 1 heterocycles. The lowest BCUT2D eigenvalue weighted by Crippen LogP contribution is -2.09. The first kappa shape index (κ1) is 18.6. The van der Waals surface area contributed by atoms with Crippen LogP contribution in [0.3, 0.4) is 0 Å². The monoisotopic (exact) mass is 479 g/mol. The smallest absolute Gasteiger partial charge is 0.0476 e. The predicted molar refractivity (Wildman–Crippen MR) is 139 cm³/mol. The van der Waals surface area contributed by atoms with Gasteiger partial charge in [-0.25, -0.2) is 0 Å². The fourth-order valence-electron chi connectivity index (χ4n) is 4.22. The molecule has 0 aliphatic rings. The van der Waals surface area contributed by atoms with Gasteiger partial charge in [-0.3, -0.25) is 0 Å². The van der Waals surface area contributed by atoms with E-state index in [1.165, 1.54) is 36.6 Å². The molecule has 0 saturated heterocycles. The van der Waals surface area contributed by atoms with Crippen LogP contribution >= 0.6 is 27.3 Å². The Kier molecular flexibility index (Phi) is 4.52. The maximum Gasteiger partial charge on any atom is 0.0476 e. The van der Waals surface area contributed by atoms with Crippen molar-refractivity contribution < 1.29 is 0 Å². The zero-order chi connectivity index (χ0) is 20.8. The summed E-state index contributed by atoms with van der Waals surface area (Å²) in [6.45, 7) is 0. The Morgan fingerprint density at radius 3 is 2.00 bits per heavy atom. The minimum Gasteiger partial charge on any atom is -0.310 e. The number of halogens is 1. The van der Waals surface area contributed by atoms with Gasteiger partial charge in [0.15, 0.2) is 0 Å². The van der Waals surface area contributed by atoms with E-state index < -0.39 is 0 Å². The van der Waals surface area contributed by atoms with E-state index in [1.54, 1.807) is 0 Å². The van der Waals surface area contributed by atoms with Crippen molar-refractivity contribution in [2.45, 2.75) is 0 Å². The van der Waals surface area contributed by atoms with Crippen molar-refractivity contribution in [2.24, 2.45) is 0 Å². The molecule has 1 nitrogen and oxygen atoms in total. The van der Waals surface area contributed by atoms with Crippen LogP contribution in [0.5, 0.6) is 0 Å². The lowest BCUT2D eigenvalue weighted by atomic mass is 10.1. The van der Waals surface area contributed by atoms with Crippen molar-refractivity contribution >= 4 is 75.3 Å². The summed E-state index contributed by atoms with van der Waals surface area (Å²) in [5.74, 6) is 0. The normalized spacial score (nSPS) is 11.4. The Balaban J connectivity index is 1.56. The van der Waals surface area contributed by atoms with Crippen LogP contribution in [0.1, 0.15) is 0 Å². The molecule has 0 atom stereocenters. The lowest BCUT2D eigenvalue weighted by molar-refractivity contribution is 1.30. The second-order valence-electron chi connectivity index (χ2n) is 7.63. The number of fused-ring (bicyclic) bond motifs is 4. The number of benzene rings is 5. The second kappa shape index (κ2) is 7.52. The molecule has 0 aliphatic carbocycles. The van der Waals surface area contributed by atoms with Crippen molar-refractivity contribution in [1.29, 1.82) is 0 Å². The zero-order valence-corrected chi connectivity index (χ0v) is 19.0. The molecule has 6 aromatic rings. The first-order valence-electron chi connectivity index (χ1n) is 10.2. The van der Waals surface area contributed by atoms with Crippen molar-refractivity contribution in [3.8, 4) is 0 Å².